The van der Waals surface area contributed by atoms with Gasteiger partial charge in [0, 0.05) is 24.4 Å². The number of carbonyl (C=O) groups excluding carboxylic acids is 3. The summed E-state index contributed by atoms with van der Waals surface area (Å²) < 4.78 is 0. The molecule has 1 saturated heterocycles. The fourth-order valence-electron chi connectivity index (χ4n) is 3.97. The van der Waals surface area contributed by atoms with E-state index in [9.17, 15) is 24.5 Å². The summed E-state index contributed by atoms with van der Waals surface area (Å²) in [6, 6.07) is 10.9. The fourth-order valence-corrected chi connectivity index (χ4v) is 3.97. The predicted octanol–water partition coefficient (Wildman–Crippen LogP) is 3.75. The van der Waals surface area contributed by atoms with Crippen molar-refractivity contribution in [1.29, 1.82) is 0 Å². The lowest BCUT2D eigenvalue weighted by molar-refractivity contribution is -0.383. The number of fused-ring (bicyclic) bond motifs is 1. The normalized spacial score (nSPS) is 19.8. The lowest BCUT2D eigenvalue weighted by atomic mass is 9.85. The highest BCUT2D eigenvalue weighted by atomic mass is 16.6. The van der Waals surface area contributed by atoms with Gasteiger partial charge in [-0.2, -0.15) is 0 Å². The van der Waals surface area contributed by atoms with Gasteiger partial charge in [0.25, 0.3) is 5.69 Å². The van der Waals surface area contributed by atoms with Gasteiger partial charge in [-0.15, -0.1) is 0 Å². The molecule has 9 nitrogen and oxygen atoms in total. The first-order valence-electron chi connectivity index (χ1n) is 9.81. The first-order chi connectivity index (χ1) is 14.8. The minimum atomic E-state index is -0.558. The molecule has 4 rings (SSSR count). The molecule has 0 saturated carbocycles. The molecular weight excluding hydrogens is 400 g/mol. The van der Waals surface area contributed by atoms with Gasteiger partial charge in [0.1, 0.15) is 5.69 Å². The van der Waals surface area contributed by atoms with E-state index in [1.165, 1.54) is 25.1 Å². The predicted molar refractivity (Wildman–Crippen MR) is 115 cm³/mol. The third-order valence-electron chi connectivity index (χ3n) is 5.43. The summed E-state index contributed by atoms with van der Waals surface area (Å²) in [6.45, 7) is 1.40. The Bertz CT molecular complexity index is 1080. The number of hydrogen-bond donors (Lipinski definition) is 2. The van der Waals surface area contributed by atoms with Crippen LogP contribution in [0.4, 0.5) is 28.4 Å². The summed E-state index contributed by atoms with van der Waals surface area (Å²) in [5, 5.41) is 17.3. The molecule has 0 unspecified atom stereocenters. The van der Waals surface area contributed by atoms with Crippen molar-refractivity contribution in [2.45, 2.75) is 19.8 Å². The average Bonchev–Trinajstić information content (AvgIpc) is 3.00. The highest BCUT2D eigenvalue weighted by Gasteiger charge is 2.48. The number of hydrogen-bond acceptors (Lipinski definition) is 6. The zero-order valence-electron chi connectivity index (χ0n) is 16.7. The van der Waals surface area contributed by atoms with Gasteiger partial charge in [-0.1, -0.05) is 12.2 Å². The lowest BCUT2D eigenvalue weighted by Gasteiger charge is -2.16. The van der Waals surface area contributed by atoms with Crippen molar-refractivity contribution in [1.82, 2.24) is 0 Å². The molecule has 0 bridgehead atoms. The first-order valence-corrected chi connectivity index (χ1v) is 9.81. The van der Waals surface area contributed by atoms with E-state index in [0.29, 0.717) is 24.2 Å². The second-order valence-electron chi connectivity index (χ2n) is 7.51. The number of nitro groups is 1. The zero-order valence-corrected chi connectivity index (χ0v) is 16.7. The molecule has 2 aromatic rings. The third kappa shape index (κ3) is 3.89. The topological polar surface area (TPSA) is 122 Å². The van der Waals surface area contributed by atoms with E-state index in [1.807, 2.05) is 12.2 Å². The number of imide groups is 1. The van der Waals surface area contributed by atoms with Crippen LogP contribution in [-0.2, 0) is 14.4 Å². The Labute approximate surface area is 177 Å². The molecule has 0 radical (unpaired) electrons. The van der Waals surface area contributed by atoms with Crippen molar-refractivity contribution >= 4 is 46.2 Å². The third-order valence-corrected chi connectivity index (χ3v) is 5.43. The summed E-state index contributed by atoms with van der Waals surface area (Å²) in [6.07, 6.45) is 4.79. The Morgan fingerprint density at radius 1 is 1.00 bits per heavy atom. The van der Waals surface area contributed by atoms with Crippen LogP contribution in [0.3, 0.4) is 0 Å². The molecule has 2 atom stereocenters. The number of nitro benzene ring substituents is 1. The van der Waals surface area contributed by atoms with Gasteiger partial charge in [-0.05, 0) is 49.2 Å². The Balaban J connectivity index is 1.60. The van der Waals surface area contributed by atoms with Crippen LogP contribution in [0.2, 0.25) is 0 Å². The van der Waals surface area contributed by atoms with Crippen LogP contribution in [0.1, 0.15) is 19.8 Å². The number of nitrogens with one attached hydrogen (secondary N) is 2. The molecule has 31 heavy (non-hydrogen) atoms. The molecule has 1 aliphatic heterocycles. The zero-order chi connectivity index (χ0) is 22.1. The summed E-state index contributed by atoms with van der Waals surface area (Å²) in [5.74, 6) is -1.65. The van der Waals surface area contributed by atoms with Crippen LogP contribution in [-0.4, -0.2) is 22.6 Å². The van der Waals surface area contributed by atoms with Gasteiger partial charge in [-0.3, -0.25) is 24.5 Å². The fraction of sp³-hybridized carbons (Fsp3) is 0.227. The number of allylic oxidation sites excluding steroid dienone is 2. The molecular formula is C22H20N4O5. The summed E-state index contributed by atoms with van der Waals surface area (Å²) in [4.78, 5) is 48.9. The number of anilines is 4. The molecule has 3 amide bonds. The number of benzene rings is 2. The Kier molecular flexibility index (Phi) is 5.24. The summed E-state index contributed by atoms with van der Waals surface area (Å²) in [7, 11) is 0. The van der Waals surface area contributed by atoms with Gasteiger partial charge >= 0.3 is 0 Å². The molecule has 2 aliphatic rings. The van der Waals surface area contributed by atoms with Crippen molar-refractivity contribution in [3.05, 3.63) is 64.7 Å². The van der Waals surface area contributed by atoms with Gasteiger partial charge in [0.2, 0.25) is 17.7 Å². The van der Waals surface area contributed by atoms with Gasteiger partial charge in [-0.25, -0.2) is 4.90 Å². The summed E-state index contributed by atoms with van der Waals surface area (Å²) >= 11 is 0. The van der Waals surface area contributed by atoms with E-state index in [-0.39, 0.29) is 34.8 Å². The first kappa shape index (κ1) is 20.3. The maximum Gasteiger partial charge on any atom is 0.294 e. The standard InChI is InChI=1S/C22H20N4O5/c1-13(27)23-14-6-8-15(9-7-14)24-19-11-10-16(12-20(19)26(30)31)25-21(28)17-4-2-3-5-18(17)22(25)29/h2-3,6-12,17-18,24H,4-5H2,1H3,(H,23,27)/t17-,18+. The number of carbonyl (C=O) groups is 3. The van der Waals surface area contributed by atoms with Crippen molar-refractivity contribution in [2.75, 3.05) is 15.5 Å². The van der Waals surface area contributed by atoms with Crippen molar-refractivity contribution in [3.63, 3.8) is 0 Å². The van der Waals surface area contributed by atoms with E-state index in [1.54, 1.807) is 24.3 Å². The monoisotopic (exact) mass is 420 g/mol. The molecule has 0 aromatic heterocycles. The highest BCUT2D eigenvalue weighted by Crippen LogP contribution is 2.40. The molecule has 1 fully saturated rings. The van der Waals surface area contributed by atoms with Crippen LogP contribution in [0.5, 0.6) is 0 Å². The minimum absolute atomic E-state index is 0.197. The number of nitrogens with zero attached hydrogens (tertiary/aromatic N) is 2. The van der Waals surface area contributed by atoms with Crippen LogP contribution in [0, 0.1) is 22.0 Å². The molecule has 0 spiro atoms. The maximum absolute atomic E-state index is 12.8. The van der Waals surface area contributed by atoms with Crippen molar-refractivity contribution in [2.24, 2.45) is 11.8 Å². The smallest absolute Gasteiger partial charge is 0.294 e. The van der Waals surface area contributed by atoms with Gasteiger partial charge < -0.3 is 10.6 Å². The Hall–Kier alpha value is -4.01. The average molecular weight is 420 g/mol. The molecule has 158 valence electrons. The largest absolute Gasteiger partial charge is 0.350 e. The van der Waals surface area contributed by atoms with E-state index in [0.717, 1.165) is 4.90 Å². The lowest BCUT2D eigenvalue weighted by Crippen LogP contribution is -2.30. The number of rotatable bonds is 5. The minimum Gasteiger partial charge on any atom is -0.350 e. The molecule has 1 aliphatic carbocycles. The van der Waals surface area contributed by atoms with Crippen LogP contribution < -0.4 is 15.5 Å². The van der Waals surface area contributed by atoms with Crippen LogP contribution >= 0.6 is 0 Å². The molecule has 9 heteroatoms. The Morgan fingerprint density at radius 2 is 1.58 bits per heavy atom. The van der Waals surface area contributed by atoms with E-state index >= 15 is 0 Å². The SMILES string of the molecule is CC(=O)Nc1ccc(Nc2ccc(N3C(=O)[C@H]4CC=CC[C@H]4C3=O)cc2[N+](=O)[O-])cc1. The second-order valence-corrected chi connectivity index (χ2v) is 7.51. The Morgan fingerprint density at radius 3 is 2.13 bits per heavy atom. The quantitative estimate of drug-likeness (QED) is 0.329. The molecule has 1 heterocycles. The van der Waals surface area contributed by atoms with Gasteiger partial charge in [0.15, 0.2) is 0 Å². The molecule has 2 aromatic carbocycles. The van der Waals surface area contributed by atoms with Crippen molar-refractivity contribution in [3.8, 4) is 0 Å². The number of amides is 3. The highest BCUT2D eigenvalue weighted by molar-refractivity contribution is 6.22. The van der Waals surface area contributed by atoms with Crippen LogP contribution in [0.15, 0.2) is 54.6 Å². The van der Waals surface area contributed by atoms with E-state index in [4.69, 9.17) is 0 Å². The maximum atomic E-state index is 12.8. The second kappa shape index (κ2) is 8.02. The van der Waals surface area contributed by atoms with Crippen LogP contribution in [0.25, 0.3) is 0 Å². The van der Waals surface area contributed by atoms with Crippen molar-refractivity contribution < 1.29 is 19.3 Å². The van der Waals surface area contributed by atoms with E-state index in [2.05, 4.69) is 10.6 Å². The van der Waals surface area contributed by atoms with E-state index < -0.39 is 16.8 Å². The molecule has 2 N–H and O–H groups in total. The summed E-state index contributed by atoms with van der Waals surface area (Å²) in [5.41, 5.74) is 1.35. The van der Waals surface area contributed by atoms with Gasteiger partial charge in [0.05, 0.1) is 22.4 Å².